The van der Waals surface area contributed by atoms with Crippen LogP contribution < -0.4 is 0 Å². The molecular formula is C33H56O4. The first-order chi connectivity index (χ1) is 17.1. The normalized spacial score (nSPS) is 48.2. The molecule has 0 heterocycles. The van der Waals surface area contributed by atoms with Gasteiger partial charge in [0.15, 0.2) is 0 Å². The number of rotatable bonds is 7. The smallest absolute Gasteiger partial charge is 0.302 e. The van der Waals surface area contributed by atoms with E-state index >= 15 is 0 Å². The highest BCUT2D eigenvalue weighted by atomic mass is 16.5. The number of hydrogen-bond acceptors (Lipinski definition) is 4. The van der Waals surface area contributed by atoms with Crippen LogP contribution in [0.3, 0.4) is 0 Å². The van der Waals surface area contributed by atoms with Gasteiger partial charge < -0.3 is 14.9 Å². The van der Waals surface area contributed by atoms with Crippen molar-refractivity contribution in [3.05, 3.63) is 0 Å². The highest BCUT2D eigenvalue weighted by molar-refractivity contribution is 5.66. The summed E-state index contributed by atoms with van der Waals surface area (Å²) in [6, 6.07) is 0. The third kappa shape index (κ3) is 3.62. The highest BCUT2D eigenvalue weighted by Gasteiger charge is 2.82. The van der Waals surface area contributed by atoms with Crippen LogP contribution in [0.1, 0.15) is 126 Å². The van der Waals surface area contributed by atoms with E-state index in [9.17, 15) is 15.0 Å². The van der Waals surface area contributed by atoms with Crippen LogP contribution >= 0.6 is 0 Å². The number of ether oxygens (including phenoxy) is 1. The van der Waals surface area contributed by atoms with Crippen LogP contribution in [-0.4, -0.2) is 34.5 Å². The fraction of sp³-hybridized carbons (Fsp3) is 0.970. The van der Waals surface area contributed by atoms with Crippen LogP contribution in [0, 0.1) is 56.7 Å². The minimum atomic E-state index is -0.954. The first-order valence-electron chi connectivity index (χ1n) is 15.6. The Hall–Kier alpha value is -0.610. The lowest BCUT2D eigenvalue weighted by Gasteiger charge is -2.63. The van der Waals surface area contributed by atoms with Crippen LogP contribution in [-0.2, 0) is 9.53 Å². The highest BCUT2D eigenvalue weighted by Crippen LogP contribution is 2.89. The molecule has 37 heavy (non-hydrogen) atoms. The summed E-state index contributed by atoms with van der Waals surface area (Å²) in [5, 5.41) is 20.9. The Morgan fingerprint density at radius 3 is 2.19 bits per heavy atom. The van der Waals surface area contributed by atoms with Crippen LogP contribution in [0.2, 0.25) is 0 Å². The number of carbonyl (C=O) groups excluding carboxylic acids is 1. The molecule has 2 spiro atoms. The van der Waals surface area contributed by atoms with E-state index in [0.29, 0.717) is 45.8 Å². The maximum Gasteiger partial charge on any atom is 0.302 e. The van der Waals surface area contributed by atoms with Crippen LogP contribution in [0.4, 0.5) is 0 Å². The van der Waals surface area contributed by atoms with E-state index in [2.05, 4.69) is 34.6 Å². The molecule has 0 aromatic rings. The molecule has 0 aliphatic heterocycles. The molecule has 5 aliphatic carbocycles. The molecule has 0 radical (unpaired) electrons. The van der Waals surface area contributed by atoms with Gasteiger partial charge in [0, 0.05) is 12.3 Å². The molecule has 0 amide bonds. The molecule has 5 aliphatic rings. The summed E-state index contributed by atoms with van der Waals surface area (Å²) >= 11 is 0. The van der Waals surface area contributed by atoms with Crippen LogP contribution in [0.5, 0.6) is 0 Å². The van der Waals surface area contributed by atoms with E-state index < -0.39 is 5.60 Å². The minimum Gasteiger partial charge on any atom is -0.462 e. The molecule has 4 nitrogen and oxygen atoms in total. The molecule has 5 fully saturated rings. The SMILES string of the molecule is CC(=O)O[C@H]1CCC23CC24CCC2(C)[C@@H]([C@H](C)CCC(O)(CO)C(C)C)CC[C@@]2(C)C4CCC3C1(C)C. The number of carbonyl (C=O) groups is 1. The van der Waals surface area contributed by atoms with Crippen molar-refractivity contribution in [2.75, 3.05) is 6.61 Å². The van der Waals surface area contributed by atoms with Crippen molar-refractivity contribution in [1.82, 2.24) is 0 Å². The van der Waals surface area contributed by atoms with E-state index in [-0.39, 0.29) is 30.0 Å². The Labute approximate surface area is 226 Å². The molecule has 4 heteroatoms. The molecule has 5 saturated carbocycles. The lowest BCUT2D eigenvalue weighted by molar-refractivity contribution is -0.181. The second-order valence-corrected chi connectivity index (χ2v) is 16.0. The molecule has 0 saturated heterocycles. The van der Waals surface area contributed by atoms with Gasteiger partial charge in [0.2, 0.25) is 0 Å². The van der Waals surface area contributed by atoms with Gasteiger partial charge in [-0.2, -0.15) is 0 Å². The molecule has 10 atom stereocenters. The Bertz CT molecular complexity index is 912. The Kier molecular flexibility index (Phi) is 6.56. The van der Waals surface area contributed by atoms with Crippen LogP contribution in [0.15, 0.2) is 0 Å². The van der Waals surface area contributed by atoms with Crippen molar-refractivity contribution in [2.24, 2.45) is 56.7 Å². The largest absolute Gasteiger partial charge is 0.462 e. The topological polar surface area (TPSA) is 66.8 Å². The Morgan fingerprint density at radius 2 is 1.57 bits per heavy atom. The van der Waals surface area contributed by atoms with E-state index in [1.54, 1.807) is 6.92 Å². The zero-order valence-electron chi connectivity index (χ0n) is 25.2. The van der Waals surface area contributed by atoms with Gasteiger partial charge in [0.05, 0.1) is 12.2 Å². The summed E-state index contributed by atoms with van der Waals surface area (Å²) < 4.78 is 5.90. The van der Waals surface area contributed by atoms with Gasteiger partial charge in [0.25, 0.3) is 0 Å². The fourth-order valence-electron chi connectivity index (χ4n) is 11.9. The maximum atomic E-state index is 11.9. The summed E-state index contributed by atoms with van der Waals surface area (Å²) in [5.74, 6) is 2.72. The summed E-state index contributed by atoms with van der Waals surface area (Å²) in [5.41, 5.74) is 0.838. The number of aliphatic hydroxyl groups is 2. The molecule has 212 valence electrons. The Balaban J connectivity index is 1.36. The third-order valence-electron chi connectivity index (χ3n) is 14.5. The second kappa shape index (κ2) is 8.69. The number of hydrogen-bond donors (Lipinski definition) is 2. The average molecular weight is 517 g/mol. The van der Waals surface area contributed by atoms with Crippen molar-refractivity contribution in [1.29, 1.82) is 0 Å². The molecule has 6 unspecified atom stereocenters. The van der Waals surface area contributed by atoms with Gasteiger partial charge in [0.1, 0.15) is 6.10 Å². The van der Waals surface area contributed by atoms with E-state index in [4.69, 9.17) is 4.74 Å². The average Bonchev–Trinajstić information content (AvgIpc) is 3.41. The second-order valence-electron chi connectivity index (χ2n) is 16.0. The molecule has 0 bridgehead atoms. The standard InChI is InChI=1S/C33H56O4/c1-21(2)33(36,20-34)16-11-22(3)24-12-14-30(8)26-10-9-25-28(5,6)27(37-23(4)35)13-15-31(25)19-32(26,31)18-17-29(24,30)7/h21-22,24-27,34,36H,9-20H2,1-8H3/t22-,24-,25?,26?,27+,29?,30+,31?,32?,33?/m1/s1. The van der Waals surface area contributed by atoms with Gasteiger partial charge in [-0.1, -0.05) is 48.5 Å². The van der Waals surface area contributed by atoms with E-state index in [0.717, 1.165) is 18.8 Å². The summed E-state index contributed by atoms with van der Waals surface area (Å²) in [6.45, 7) is 18.0. The number of esters is 1. The van der Waals surface area contributed by atoms with Crippen molar-refractivity contribution >= 4 is 5.97 Å². The van der Waals surface area contributed by atoms with E-state index in [1.807, 2.05) is 13.8 Å². The molecule has 2 N–H and O–H groups in total. The first-order valence-corrected chi connectivity index (χ1v) is 15.6. The lowest BCUT2D eigenvalue weighted by atomic mass is 9.41. The minimum absolute atomic E-state index is 0.0622. The summed E-state index contributed by atoms with van der Waals surface area (Å²) in [4.78, 5) is 11.9. The lowest BCUT2D eigenvalue weighted by Crippen LogP contribution is -2.58. The number of aliphatic hydroxyl groups excluding tert-OH is 1. The molecule has 0 aromatic carbocycles. The van der Waals surface area contributed by atoms with Gasteiger partial charge in [-0.05, 0) is 122 Å². The molecule has 5 rings (SSSR count). The number of fused-ring (bicyclic) bond motifs is 2. The fourth-order valence-corrected chi connectivity index (χ4v) is 11.9. The summed E-state index contributed by atoms with van der Waals surface area (Å²) in [6.07, 6.45) is 13.5. The predicted molar refractivity (Wildman–Crippen MR) is 148 cm³/mol. The molecule has 0 aromatic heterocycles. The zero-order chi connectivity index (χ0) is 27.2. The van der Waals surface area contributed by atoms with Crippen molar-refractivity contribution in [2.45, 2.75) is 138 Å². The zero-order valence-corrected chi connectivity index (χ0v) is 25.2. The van der Waals surface area contributed by atoms with Gasteiger partial charge >= 0.3 is 5.97 Å². The third-order valence-corrected chi connectivity index (χ3v) is 14.5. The summed E-state index contributed by atoms with van der Waals surface area (Å²) in [7, 11) is 0. The quantitative estimate of drug-likeness (QED) is 0.353. The van der Waals surface area contributed by atoms with Gasteiger partial charge in [-0.25, -0.2) is 0 Å². The predicted octanol–water partition coefficient (Wildman–Crippen LogP) is 7.15. The van der Waals surface area contributed by atoms with Gasteiger partial charge in [-0.15, -0.1) is 0 Å². The van der Waals surface area contributed by atoms with Crippen molar-refractivity contribution in [3.8, 4) is 0 Å². The monoisotopic (exact) mass is 516 g/mol. The van der Waals surface area contributed by atoms with Crippen LogP contribution in [0.25, 0.3) is 0 Å². The maximum absolute atomic E-state index is 11.9. The first kappa shape index (κ1) is 27.9. The van der Waals surface area contributed by atoms with Crippen molar-refractivity contribution < 1.29 is 19.7 Å². The van der Waals surface area contributed by atoms with E-state index in [1.165, 1.54) is 51.4 Å². The van der Waals surface area contributed by atoms with Crippen molar-refractivity contribution in [3.63, 3.8) is 0 Å². The van der Waals surface area contributed by atoms with Gasteiger partial charge in [-0.3, -0.25) is 4.79 Å². The Morgan fingerprint density at radius 1 is 0.919 bits per heavy atom. The molecular weight excluding hydrogens is 460 g/mol.